The summed E-state index contributed by atoms with van der Waals surface area (Å²) in [7, 11) is 0. The number of carbonyl (C=O) groups is 1. The van der Waals surface area contributed by atoms with E-state index in [1.165, 1.54) is 4.90 Å². The second-order valence-corrected chi connectivity index (χ2v) is 7.93. The zero-order valence-corrected chi connectivity index (χ0v) is 17.6. The van der Waals surface area contributed by atoms with Crippen molar-refractivity contribution in [2.45, 2.75) is 17.7 Å². The van der Waals surface area contributed by atoms with E-state index in [9.17, 15) is 20.6 Å². The van der Waals surface area contributed by atoms with Crippen molar-refractivity contribution in [2.24, 2.45) is 17.1 Å². The Balaban J connectivity index is 2.21. The Bertz CT molecular complexity index is 1030. The molecule has 30 heavy (non-hydrogen) atoms. The monoisotopic (exact) mass is 419 g/mol. The predicted octanol–water partition coefficient (Wildman–Crippen LogP) is 3.29. The summed E-state index contributed by atoms with van der Waals surface area (Å²) >= 11 is 1.58. The van der Waals surface area contributed by atoms with Crippen molar-refractivity contribution in [1.29, 1.82) is 15.8 Å². The summed E-state index contributed by atoms with van der Waals surface area (Å²) in [6.45, 7) is 2.47. The molecular formula is C22H21N5O2S. The van der Waals surface area contributed by atoms with E-state index in [1.54, 1.807) is 24.8 Å². The van der Waals surface area contributed by atoms with Crippen LogP contribution >= 0.6 is 11.8 Å². The van der Waals surface area contributed by atoms with Crippen molar-refractivity contribution in [2.75, 3.05) is 26.0 Å². The first-order valence-corrected chi connectivity index (χ1v) is 10.7. The lowest BCUT2D eigenvalue weighted by Gasteiger charge is -2.45. The molecule has 0 radical (unpaired) electrons. The van der Waals surface area contributed by atoms with Crippen molar-refractivity contribution in [3.05, 3.63) is 52.7 Å². The molecule has 1 amide bonds. The number of fused-ring (bicyclic) bond motifs is 1. The van der Waals surface area contributed by atoms with Gasteiger partial charge in [-0.05, 0) is 36.4 Å². The van der Waals surface area contributed by atoms with Gasteiger partial charge >= 0.3 is 6.09 Å². The number of carbonyl (C=O) groups excluding carboxylic acids is 1. The number of nitriles is 3. The summed E-state index contributed by atoms with van der Waals surface area (Å²) in [5.41, 5.74) is 6.14. The SMILES string of the molecule is CCOC(=O)N1CC=C2C(C#N)=C(N)C(C#N)(C#N)[C@@H](c3ccc(SC)cc3)[C@H]2C1. The van der Waals surface area contributed by atoms with Crippen LogP contribution in [0.15, 0.2) is 52.1 Å². The van der Waals surface area contributed by atoms with Crippen molar-refractivity contribution in [3.63, 3.8) is 0 Å². The van der Waals surface area contributed by atoms with Crippen LogP contribution in [0.2, 0.25) is 0 Å². The third-order valence-electron chi connectivity index (χ3n) is 5.67. The second-order valence-electron chi connectivity index (χ2n) is 7.05. The average molecular weight is 420 g/mol. The number of rotatable bonds is 3. The van der Waals surface area contributed by atoms with Crippen molar-refractivity contribution in [3.8, 4) is 18.2 Å². The average Bonchev–Trinajstić information content (AvgIpc) is 2.78. The maximum atomic E-state index is 12.4. The van der Waals surface area contributed by atoms with Gasteiger partial charge in [0.1, 0.15) is 6.07 Å². The van der Waals surface area contributed by atoms with Crippen molar-refractivity contribution < 1.29 is 9.53 Å². The first kappa shape index (κ1) is 21.3. The van der Waals surface area contributed by atoms with E-state index < -0.39 is 23.3 Å². The van der Waals surface area contributed by atoms with E-state index >= 15 is 0 Å². The molecule has 1 aromatic rings. The molecule has 1 aliphatic heterocycles. The fourth-order valence-corrected chi connectivity index (χ4v) is 4.64. The molecule has 1 heterocycles. The molecule has 0 bridgehead atoms. The topological polar surface area (TPSA) is 127 Å². The number of nitrogens with zero attached hydrogens (tertiary/aromatic N) is 4. The number of thioether (sulfide) groups is 1. The number of amides is 1. The Morgan fingerprint density at radius 3 is 2.50 bits per heavy atom. The quantitative estimate of drug-likeness (QED) is 0.745. The molecule has 2 atom stereocenters. The highest BCUT2D eigenvalue weighted by Crippen LogP contribution is 2.54. The van der Waals surface area contributed by atoms with Crippen LogP contribution in [0.25, 0.3) is 0 Å². The molecule has 152 valence electrons. The zero-order valence-electron chi connectivity index (χ0n) is 16.8. The first-order valence-electron chi connectivity index (χ1n) is 9.46. The number of hydrogen-bond acceptors (Lipinski definition) is 7. The predicted molar refractivity (Wildman–Crippen MR) is 112 cm³/mol. The number of ether oxygens (including phenoxy) is 1. The van der Waals surface area contributed by atoms with E-state index in [-0.39, 0.29) is 31.0 Å². The lowest BCUT2D eigenvalue weighted by atomic mass is 9.58. The van der Waals surface area contributed by atoms with Crippen LogP contribution in [-0.4, -0.2) is 36.9 Å². The van der Waals surface area contributed by atoms with Gasteiger partial charge in [-0.2, -0.15) is 15.8 Å². The van der Waals surface area contributed by atoms with E-state index in [0.717, 1.165) is 10.5 Å². The Labute approximate surface area is 180 Å². The minimum Gasteiger partial charge on any atom is -0.450 e. The van der Waals surface area contributed by atoms with Crippen LogP contribution in [0.1, 0.15) is 18.4 Å². The van der Waals surface area contributed by atoms with Crippen LogP contribution < -0.4 is 5.73 Å². The van der Waals surface area contributed by atoms with Crippen LogP contribution in [0.4, 0.5) is 4.79 Å². The van der Waals surface area contributed by atoms with E-state index in [4.69, 9.17) is 10.5 Å². The van der Waals surface area contributed by atoms with Gasteiger partial charge in [-0.3, -0.25) is 0 Å². The fraction of sp³-hybridized carbons (Fsp3) is 0.364. The maximum Gasteiger partial charge on any atom is 0.410 e. The highest BCUT2D eigenvalue weighted by atomic mass is 32.2. The zero-order chi connectivity index (χ0) is 21.9. The summed E-state index contributed by atoms with van der Waals surface area (Å²) in [5, 5.41) is 29.9. The third-order valence-corrected chi connectivity index (χ3v) is 6.41. The highest BCUT2D eigenvalue weighted by Gasteiger charge is 2.54. The Morgan fingerprint density at radius 2 is 1.97 bits per heavy atom. The molecule has 8 heteroatoms. The van der Waals surface area contributed by atoms with Gasteiger partial charge in [0.25, 0.3) is 0 Å². The molecule has 2 N–H and O–H groups in total. The smallest absolute Gasteiger partial charge is 0.410 e. The molecule has 0 unspecified atom stereocenters. The Kier molecular flexibility index (Phi) is 6.06. The molecule has 2 aliphatic rings. The lowest BCUT2D eigenvalue weighted by molar-refractivity contribution is 0.0999. The Morgan fingerprint density at radius 1 is 1.30 bits per heavy atom. The third kappa shape index (κ3) is 3.28. The van der Waals surface area contributed by atoms with E-state index in [0.29, 0.717) is 5.57 Å². The molecule has 0 fully saturated rings. The van der Waals surface area contributed by atoms with E-state index in [1.807, 2.05) is 30.5 Å². The molecule has 0 saturated carbocycles. The minimum atomic E-state index is -1.72. The van der Waals surface area contributed by atoms with Gasteiger partial charge in [-0.1, -0.05) is 18.2 Å². The molecule has 0 spiro atoms. The number of allylic oxidation sites excluding steroid dienone is 2. The Hall–Kier alpha value is -3.41. The lowest BCUT2D eigenvalue weighted by Crippen LogP contribution is -2.49. The van der Waals surface area contributed by atoms with Gasteiger partial charge in [0.2, 0.25) is 0 Å². The molecule has 0 saturated heterocycles. The molecule has 1 aliphatic carbocycles. The molecule has 1 aromatic carbocycles. The van der Waals surface area contributed by atoms with Crippen LogP contribution in [-0.2, 0) is 4.74 Å². The molecule has 7 nitrogen and oxygen atoms in total. The minimum absolute atomic E-state index is 0.0268. The second kappa shape index (κ2) is 8.53. The summed E-state index contributed by atoms with van der Waals surface area (Å²) in [5.74, 6) is -1.08. The molecule has 0 aromatic heterocycles. The van der Waals surface area contributed by atoms with E-state index in [2.05, 4.69) is 18.2 Å². The largest absolute Gasteiger partial charge is 0.450 e. The molecule has 3 rings (SSSR count). The van der Waals surface area contributed by atoms with Gasteiger partial charge < -0.3 is 15.4 Å². The standard InChI is InChI=1S/C22H21N5O2S/c1-3-29-21(28)27-9-8-16-17(10-23)20(26)22(12-24,13-25)19(18(16)11-27)14-4-6-15(30-2)7-5-14/h4-8,18-19H,3,9,11,26H2,1-2H3/t18-,19-/m0/s1. The molecular weight excluding hydrogens is 398 g/mol. The van der Waals surface area contributed by atoms with Crippen LogP contribution in [0, 0.1) is 45.3 Å². The number of benzene rings is 1. The summed E-state index contributed by atoms with van der Waals surface area (Å²) < 4.78 is 5.13. The number of hydrogen-bond donors (Lipinski definition) is 1. The van der Waals surface area contributed by atoms with Gasteiger partial charge in [-0.15, -0.1) is 11.8 Å². The van der Waals surface area contributed by atoms with Crippen molar-refractivity contribution >= 4 is 17.9 Å². The summed E-state index contributed by atoms with van der Waals surface area (Å²) in [6, 6.07) is 13.9. The van der Waals surface area contributed by atoms with Gasteiger partial charge in [-0.25, -0.2) is 4.79 Å². The van der Waals surface area contributed by atoms with Gasteiger partial charge in [0, 0.05) is 29.8 Å². The maximum absolute atomic E-state index is 12.4. The first-order chi connectivity index (χ1) is 14.5. The normalized spacial score (nSPS) is 22.1. The van der Waals surface area contributed by atoms with Gasteiger partial charge in [0.15, 0.2) is 5.41 Å². The highest BCUT2D eigenvalue weighted by molar-refractivity contribution is 7.98. The fourth-order valence-electron chi connectivity index (χ4n) is 4.23. The van der Waals surface area contributed by atoms with Gasteiger partial charge in [0.05, 0.1) is 30.0 Å². The summed E-state index contributed by atoms with van der Waals surface area (Å²) in [4.78, 5) is 14.9. The summed E-state index contributed by atoms with van der Waals surface area (Å²) in [6.07, 6.45) is 3.27. The van der Waals surface area contributed by atoms with Crippen LogP contribution in [0.3, 0.4) is 0 Å². The van der Waals surface area contributed by atoms with Crippen molar-refractivity contribution in [1.82, 2.24) is 4.90 Å². The number of nitrogens with two attached hydrogens (primary N) is 1. The van der Waals surface area contributed by atoms with Crippen LogP contribution in [0.5, 0.6) is 0 Å².